The van der Waals surface area contributed by atoms with E-state index < -0.39 is 17.8 Å². The highest BCUT2D eigenvalue weighted by Gasteiger charge is 2.34. The molecule has 0 bridgehead atoms. The molecule has 8 heteroatoms. The van der Waals surface area contributed by atoms with Crippen LogP contribution in [0.3, 0.4) is 0 Å². The van der Waals surface area contributed by atoms with Gasteiger partial charge in [-0.25, -0.2) is 8.78 Å². The Hall–Kier alpha value is -3.32. The highest BCUT2D eigenvalue weighted by Crippen LogP contribution is 2.39. The molecule has 0 saturated carbocycles. The van der Waals surface area contributed by atoms with Crippen molar-refractivity contribution in [3.63, 3.8) is 0 Å². The number of carbonyl (C=O) groups excluding carboxylic acids is 2. The molecule has 1 aliphatic rings. The van der Waals surface area contributed by atoms with Gasteiger partial charge in [0.15, 0.2) is 0 Å². The number of nitrogens with zero attached hydrogens (tertiary/aromatic N) is 2. The van der Waals surface area contributed by atoms with E-state index in [2.05, 4.69) is 4.98 Å². The molecule has 2 amide bonds. The van der Waals surface area contributed by atoms with Crippen molar-refractivity contribution in [2.45, 2.75) is 18.9 Å². The quantitative estimate of drug-likeness (QED) is 0.652. The lowest BCUT2D eigenvalue weighted by molar-refractivity contribution is -0.119. The molecule has 2 aromatic carbocycles. The van der Waals surface area contributed by atoms with E-state index in [-0.39, 0.29) is 23.3 Å². The number of nitrogens with two attached hydrogens (primary N) is 1. The number of pyridine rings is 1. The van der Waals surface area contributed by atoms with Crippen LogP contribution in [-0.2, 0) is 11.2 Å². The van der Waals surface area contributed by atoms with Crippen molar-refractivity contribution in [1.82, 2.24) is 9.88 Å². The summed E-state index contributed by atoms with van der Waals surface area (Å²) in [7, 11) is 0. The zero-order chi connectivity index (χ0) is 22.4. The van der Waals surface area contributed by atoms with E-state index in [0.717, 1.165) is 0 Å². The fraction of sp³-hybridized carbons (Fsp3) is 0.174. The Balaban J connectivity index is 0.000000330. The van der Waals surface area contributed by atoms with Gasteiger partial charge in [0.2, 0.25) is 5.91 Å². The first kappa shape index (κ1) is 22.4. The van der Waals surface area contributed by atoms with Gasteiger partial charge in [0.25, 0.3) is 5.91 Å². The van der Waals surface area contributed by atoms with Crippen molar-refractivity contribution in [2.24, 2.45) is 5.73 Å². The van der Waals surface area contributed by atoms with Gasteiger partial charge in [-0.05, 0) is 60.4 Å². The summed E-state index contributed by atoms with van der Waals surface area (Å²) in [6.07, 6.45) is 3.95. The summed E-state index contributed by atoms with van der Waals surface area (Å²) >= 11 is 5.96. The molecule has 1 atom stereocenters. The zero-order valence-corrected chi connectivity index (χ0v) is 17.2. The molecule has 4 rings (SSSR count). The van der Waals surface area contributed by atoms with Crippen molar-refractivity contribution in [3.8, 4) is 0 Å². The number of primary amides is 1. The molecule has 0 radical (unpaired) electrons. The molecule has 0 aliphatic heterocycles. The summed E-state index contributed by atoms with van der Waals surface area (Å²) in [5.41, 5.74) is 6.80. The number of hydrogen-bond acceptors (Lipinski definition) is 3. The molecule has 0 spiro atoms. The normalized spacial score (nSPS) is 14.2. The van der Waals surface area contributed by atoms with Crippen LogP contribution in [0.15, 0.2) is 67.0 Å². The second-order valence-electron chi connectivity index (χ2n) is 6.95. The Labute approximate surface area is 183 Å². The maximum absolute atomic E-state index is 14.1. The van der Waals surface area contributed by atoms with E-state index in [4.69, 9.17) is 17.3 Å². The predicted octanol–water partition coefficient (Wildman–Crippen LogP) is 4.31. The molecule has 5 nitrogen and oxygen atoms in total. The minimum Gasteiger partial charge on any atom is -0.368 e. The number of halogens is 3. The molecule has 160 valence electrons. The van der Waals surface area contributed by atoms with Gasteiger partial charge in [-0.3, -0.25) is 14.6 Å². The van der Waals surface area contributed by atoms with Crippen LogP contribution < -0.4 is 5.73 Å². The standard InChI is InChI=1S/C17H15ClFN3O2.C6H5F/c18-11-6-13-12(14(19)7-11)3-4-15(13)22(9-16(20)23)17(24)10-2-1-5-21-8-10;7-6-4-2-1-3-5-6/h1-2,5-8,15H,3-4,9H2,(H2,20,23);1-5H. The fourth-order valence-electron chi connectivity index (χ4n) is 3.51. The molecule has 0 fully saturated rings. The third-order valence-electron chi connectivity index (χ3n) is 4.83. The van der Waals surface area contributed by atoms with Crippen molar-refractivity contribution >= 4 is 23.4 Å². The average molecular weight is 444 g/mol. The van der Waals surface area contributed by atoms with Crippen LogP contribution >= 0.6 is 11.6 Å². The summed E-state index contributed by atoms with van der Waals surface area (Å²) in [5, 5.41) is 0.256. The Bertz CT molecular complexity index is 1070. The highest BCUT2D eigenvalue weighted by atomic mass is 35.5. The third-order valence-corrected chi connectivity index (χ3v) is 5.04. The Morgan fingerprint density at radius 2 is 1.87 bits per heavy atom. The number of amides is 2. The fourth-order valence-corrected chi connectivity index (χ4v) is 3.72. The summed E-state index contributed by atoms with van der Waals surface area (Å²) in [4.78, 5) is 29.5. The maximum atomic E-state index is 14.1. The van der Waals surface area contributed by atoms with Gasteiger partial charge in [0.05, 0.1) is 11.6 Å². The van der Waals surface area contributed by atoms with Gasteiger partial charge < -0.3 is 10.6 Å². The largest absolute Gasteiger partial charge is 0.368 e. The Morgan fingerprint density at radius 1 is 1.13 bits per heavy atom. The first-order valence-electron chi connectivity index (χ1n) is 9.54. The summed E-state index contributed by atoms with van der Waals surface area (Å²) in [6, 6.07) is 13.6. The molecule has 1 aliphatic carbocycles. The van der Waals surface area contributed by atoms with E-state index in [0.29, 0.717) is 29.5 Å². The van der Waals surface area contributed by atoms with Crippen molar-refractivity contribution in [1.29, 1.82) is 0 Å². The smallest absolute Gasteiger partial charge is 0.256 e. The minimum atomic E-state index is -0.636. The maximum Gasteiger partial charge on any atom is 0.256 e. The van der Waals surface area contributed by atoms with Gasteiger partial charge in [-0.1, -0.05) is 29.8 Å². The lowest BCUT2D eigenvalue weighted by atomic mass is 10.1. The van der Waals surface area contributed by atoms with E-state index >= 15 is 0 Å². The molecule has 31 heavy (non-hydrogen) atoms. The highest BCUT2D eigenvalue weighted by molar-refractivity contribution is 6.30. The van der Waals surface area contributed by atoms with Crippen LogP contribution in [-0.4, -0.2) is 28.2 Å². The number of rotatable bonds is 4. The summed E-state index contributed by atoms with van der Waals surface area (Å²) in [6.45, 7) is -0.258. The summed E-state index contributed by atoms with van der Waals surface area (Å²) < 4.78 is 26.0. The van der Waals surface area contributed by atoms with Crippen LogP contribution in [0.25, 0.3) is 0 Å². The predicted molar refractivity (Wildman–Crippen MR) is 113 cm³/mol. The average Bonchev–Trinajstić information content (AvgIpc) is 3.17. The second kappa shape index (κ2) is 10.1. The lowest BCUT2D eigenvalue weighted by Crippen LogP contribution is -2.40. The van der Waals surface area contributed by atoms with E-state index in [1.807, 2.05) is 0 Å². The number of hydrogen-bond donors (Lipinski definition) is 1. The van der Waals surface area contributed by atoms with Gasteiger partial charge in [-0.2, -0.15) is 0 Å². The zero-order valence-electron chi connectivity index (χ0n) is 16.5. The third kappa shape index (κ3) is 5.64. The molecule has 3 aromatic rings. The number of carbonyl (C=O) groups is 2. The molecule has 0 saturated heterocycles. The molecule has 2 N–H and O–H groups in total. The van der Waals surface area contributed by atoms with E-state index in [9.17, 15) is 18.4 Å². The summed E-state index contributed by atoms with van der Waals surface area (Å²) in [5.74, 6) is -1.58. The minimum absolute atomic E-state index is 0.178. The van der Waals surface area contributed by atoms with Crippen LogP contribution in [0.1, 0.15) is 33.9 Å². The molecular formula is C23H20ClF2N3O2. The van der Waals surface area contributed by atoms with Crippen LogP contribution in [0.4, 0.5) is 8.78 Å². The van der Waals surface area contributed by atoms with Crippen molar-refractivity contribution < 1.29 is 18.4 Å². The number of fused-ring (bicyclic) bond motifs is 1. The molecule has 1 aromatic heterocycles. The van der Waals surface area contributed by atoms with E-state index in [1.54, 1.807) is 42.6 Å². The topological polar surface area (TPSA) is 76.3 Å². The van der Waals surface area contributed by atoms with Crippen molar-refractivity contribution in [3.05, 3.63) is 100 Å². The van der Waals surface area contributed by atoms with Gasteiger partial charge in [-0.15, -0.1) is 0 Å². The lowest BCUT2D eigenvalue weighted by Gasteiger charge is -2.28. The van der Waals surface area contributed by atoms with Crippen LogP contribution in [0, 0.1) is 11.6 Å². The second-order valence-corrected chi connectivity index (χ2v) is 7.38. The monoisotopic (exact) mass is 443 g/mol. The van der Waals surface area contributed by atoms with Gasteiger partial charge in [0, 0.05) is 17.4 Å². The Kier molecular flexibility index (Phi) is 7.31. The molecule has 1 heterocycles. The number of aromatic nitrogens is 1. The van der Waals surface area contributed by atoms with Crippen LogP contribution in [0.2, 0.25) is 5.02 Å². The first-order valence-corrected chi connectivity index (χ1v) is 9.92. The number of benzene rings is 2. The van der Waals surface area contributed by atoms with Crippen molar-refractivity contribution in [2.75, 3.05) is 6.54 Å². The molecule has 1 unspecified atom stereocenters. The van der Waals surface area contributed by atoms with Gasteiger partial charge in [0.1, 0.15) is 18.2 Å². The Morgan fingerprint density at radius 3 is 2.45 bits per heavy atom. The van der Waals surface area contributed by atoms with E-state index in [1.165, 1.54) is 29.3 Å². The first-order chi connectivity index (χ1) is 14.9. The van der Waals surface area contributed by atoms with Crippen LogP contribution in [0.5, 0.6) is 0 Å². The SMILES string of the molecule is Fc1ccccc1.NC(=O)CN(C(=O)c1cccnc1)C1CCc2c(F)cc(Cl)cc21. The van der Waals surface area contributed by atoms with Gasteiger partial charge >= 0.3 is 0 Å². The molecular weight excluding hydrogens is 424 g/mol.